The van der Waals surface area contributed by atoms with Crippen LogP contribution in [0, 0.1) is 0 Å². The van der Waals surface area contributed by atoms with E-state index in [1.54, 1.807) is 0 Å². The number of anilines is 2. The second-order valence-corrected chi connectivity index (χ2v) is 11.8. The van der Waals surface area contributed by atoms with E-state index in [4.69, 9.17) is 21.1 Å². The van der Waals surface area contributed by atoms with Gasteiger partial charge in [-0.3, -0.25) is 9.10 Å². The van der Waals surface area contributed by atoms with Crippen LogP contribution >= 0.6 is 11.6 Å². The van der Waals surface area contributed by atoms with Gasteiger partial charge in [0.1, 0.15) is 5.75 Å². The molecule has 4 rings (SSSR count). The average Bonchev–Trinajstić information content (AvgIpc) is 2.78. The highest BCUT2D eigenvalue weighted by Gasteiger charge is 2.35. The van der Waals surface area contributed by atoms with Crippen molar-refractivity contribution in [3.63, 3.8) is 0 Å². The lowest BCUT2D eigenvalue weighted by Crippen LogP contribution is -2.48. The van der Waals surface area contributed by atoms with Crippen molar-refractivity contribution in [2.45, 2.75) is 11.0 Å². The van der Waals surface area contributed by atoms with E-state index in [-0.39, 0.29) is 36.0 Å². The van der Waals surface area contributed by atoms with Crippen molar-refractivity contribution in [2.24, 2.45) is 0 Å². The van der Waals surface area contributed by atoms with Crippen LogP contribution in [-0.4, -0.2) is 72.3 Å². The van der Waals surface area contributed by atoms with Crippen molar-refractivity contribution in [1.82, 2.24) is 4.31 Å². The first-order valence-electron chi connectivity index (χ1n) is 9.98. The van der Waals surface area contributed by atoms with E-state index in [0.29, 0.717) is 23.9 Å². The second-order valence-electron chi connectivity index (χ2n) is 7.54. The number of hydrogen-bond donors (Lipinski definition) is 1. The molecule has 0 aromatic heterocycles. The molecule has 2 aliphatic rings. The predicted molar refractivity (Wildman–Crippen MR) is 123 cm³/mol. The first-order chi connectivity index (χ1) is 15.6. The molecule has 0 spiro atoms. The number of fused-ring (bicyclic) bond motifs is 1. The number of morpholine rings is 1. The van der Waals surface area contributed by atoms with Crippen molar-refractivity contribution in [3.8, 4) is 5.75 Å². The van der Waals surface area contributed by atoms with Crippen LogP contribution in [0.3, 0.4) is 0 Å². The fourth-order valence-electron chi connectivity index (χ4n) is 3.54. The molecule has 2 aromatic rings. The van der Waals surface area contributed by atoms with Gasteiger partial charge in [0.05, 0.1) is 36.6 Å². The van der Waals surface area contributed by atoms with Crippen LogP contribution < -0.4 is 14.4 Å². The molecule has 2 aliphatic heterocycles. The Morgan fingerprint density at radius 2 is 1.73 bits per heavy atom. The number of halogens is 1. The number of ether oxygens (including phenoxy) is 2. The Balaban J connectivity index is 1.50. The third kappa shape index (κ3) is 5.09. The molecular formula is C20H22ClN3O7S2. The van der Waals surface area contributed by atoms with Crippen molar-refractivity contribution in [3.05, 3.63) is 47.5 Å². The molecule has 1 saturated heterocycles. The van der Waals surface area contributed by atoms with Crippen LogP contribution in [0.2, 0.25) is 5.02 Å². The Kier molecular flexibility index (Phi) is 6.56. The van der Waals surface area contributed by atoms with Gasteiger partial charge in [-0.05, 0) is 42.5 Å². The van der Waals surface area contributed by atoms with Crippen LogP contribution in [0.1, 0.15) is 0 Å². The van der Waals surface area contributed by atoms with E-state index in [0.717, 1.165) is 10.6 Å². The molecule has 0 unspecified atom stereocenters. The monoisotopic (exact) mass is 515 g/mol. The zero-order valence-electron chi connectivity index (χ0n) is 17.6. The molecule has 0 aliphatic carbocycles. The largest absolute Gasteiger partial charge is 0.476 e. The number of sulfonamides is 2. The number of rotatable bonds is 5. The molecule has 0 bridgehead atoms. The van der Waals surface area contributed by atoms with Gasteiger partial charge in [0.2, 0.25) is 20.0 Å². The summed E-state index contributed by atoms with van der Waals surface area (Å²) < 4.78 is 63.3. The zero-order valence-corrected chi connectivity index (χ0v) is 20.0. The maximum atomic E-state index is 12.8. The highest BCUT2D eigenvalue weighted by atomic mass is 35.5. The molecule has 1 amide bonds. The third-order valence-corrected chi connectivity index (χ3v) is 8.51. The van der Waals surface area contributed by atoms with Gasteiger partial charge in [-0.1, -0.05) is 11.6 Å². The molecule has 1 N–H and O–H groups in total. The normalized spacial score (nSPS) is 19.5. The number of nitrogens with zero attached hydrogens (tertiary/aromatic N) is 2. The van der Waals surface area contributed by atoms with E-state index in [1.165, 1.54) is 46.8 Å². The van der Waals surface area contributed by atoms with Gasteiger partial charge < -0.3 is 14.8 Å². The number of carbonyl (C=O) groups is 1. The summed E-state index contributed by atoms with van der Waals surface area (Å²) in [6.07, 6.45) is -0.0869. The van der Waals surface area contributed by atoms with E-state index in [9.17, 15) is 21.6 Å². The lowest BCUT2D eigenvalue weighted by molar-refractivity contribution is -0.122. The summed E-state index contributed by atoms with van der Waals surface area (Å²) >= 11 is 5.98. The molecule has 33 heavy (non-hydrogen) atoms. The van der Waals surface area contributed by atoms with Gasteiger partial charge >= 0.3 is 0 Å². The van der Waals surface area contributed by atoms with E-state index in [2.05, 4.69) is 5.32 Å². The molecule has 2 aromatic carbocycles. The first-order valence-corrected chi connectivity index (χ1v) is 13.6. The standard InChI is InChI=1S/C20H22ClN3O7S2/c1-32(26,27)24-13-19(31-18-7-2-14(21)12-17(18)24)20(25)22-15-3-5-16(6-4-15)33(28,29)23-8-10-30-11-9-23/h2-7,12,19H,8-11,13H2,1H3,(H,22,25)/t19-/m0/s1. The Morgan fingerprint density at radius 3 is 2.36 bits per heavy atom. The highest BCUT2D eigenvalue weighted by Crippen LogP contribution is 2.37. The Labute approximate surface area is 197 Å². The minimum absolute atomic E-state index is 0.102. The van der Waals surface area contributed by atoms with Gasteiger partial charge in [0.15, 0.2) is 6.10 Å². The smallest absolute Gasteiger partial charge is 0.267 e. The van der Waals surface area contributed by atoms with Crippen LogP contribution in [0.15, 0.2) is 47.4 Å². The zero-order chi connectivity index (χ0) is 23.8. The summed E-state index contributed by atoms with van der Waals surface area (Å²) in [6.45, 7) is 1.01. The number of benzene rings is 2. The molecule has 10 nitrogen and oxygen atoms in total. The topological polar surface area (TPSA) is 122 Å². The summed E-state index contributed by atoms with van der Waals surface area (Å²) in [5.74, 6) is -0.365. The minimum atomic E-state index is -3.69. The van der Waals surface area contributed by atoms with E-state index in [1.807, 2.05) is 0 Å². The summed E-state index contributed by atoms with van der Waals surface area (Å²) in [6, 6.07) is 10.2. The molecule has 2 heterocycles. The fraction of sp³-hybridized carbons (Fsp3) is 0.350. The quantitative estimate of drug-likeness (QED) is 0.640. The number of amides is 1. The summed E-state index contributed by atoms with van der Waals surface area (Å²) in [4.78, 5) is 12.9. The van der Waals surface area contributed by atoms with Gasteiger partial charge in [-0.15, -0.1) is 0 Å². The molecule has 0 radical (unpaired) electrons. The highest BCUT2D eigenvalue weighted by molar-refractivity contribution is 7.92. The molecular weight excluding hydrogens is 494 g/mol. The van der Waals surface area contributed by atoms with Gasteiger partial charge in [0, 0.05) is 23.8 Å². The Morgan fingerprint density at radius 1 is 1.06 bits per heavy atom. The second kappa shape index (κ2) is 9.11. The van der Waals surface area contributed by atoms with E-state index >= 15 is 0 Å². The van der Waals surface area contributed by atoms with Gasteiger partial charge in [-0.25, -0.2) is 16.8 Å². The molecule has 1 atom stereocenters. The predicted octanol–water partition coefficient (Wildman–Crippen LogP) is 1.53. The Hall–Kier alpha value is -2.38. The van der Waals surface area contributed by atoms with Crippen molar-refractivity contribution in [1.29, 1.82) is 0 Å². The number of carbonyl (C=O) groups excluding carboxylic acids is 1. The minimum Gasteiger partial charge on any atom is -0.476 e. The molecule has 1 fully saturated rings. The van der Waals surface area contributed by atoms with Crippen LogP contribution in [-0.2, 0) is 29.6 Å². The summed E-state index contributed by atoms with van der Waals surface area (Å²) in [5.41, 5.74) is 0.601. The van der Waals surface area contributed by atoms with Crippen LogP contribution in [0.5, 0.6) is 5.75 Å². The lowest BCUT2D eigenvalue weighted by atomic mass is 10.2. The molecule has 13 heteroatoms. The van der Waals surface area contributed by atoms with Gasteiger partial charge in [0.25, 0.3) is 5.91 Å². The lowest BCUT2D eigenvalue weighted by Gasteiger charge is -2.34. The first kappa shape index (κ1) is 23.8. The van der Waals surface area contributed by atoms with Crippen molar-refractivity contribution in [2.75, 3.05) is 48.7 Å². The van der Waals surface area contributed by atoms with Crippen LogP contribution in [0.25, 0.3) is 0 Å². The third-order valence-electron chi connectivity index (χ3n) is 5.21. The van der Waals surface area contributed by atoms with Gasteiger partial charge in [-0.2, -0.15) is 4.31 Å². The van der Waals surface area contributed by atoms with Crippen molar-refractivity contribution < 1.29 is 31.1 Å². The van der Waals surface area contributed by atoms with E-state index < -0.39 is 32.1 Å². The molecule has 0 saturated carbocycles. The fourth-order valence-corrected chi connectivity index (χ4v) is 6.02. The number of hydrogen-bond acceptors (Lipinski definition) is 7. The maximum Gasteiger partial charge on any atom is 0.267 e. The Bertz CT molecular complexity index is 1260. The number of nitrogens with one attached hydrogen (secondary N) is 1. The average molecular weight is 516 g/mol. The van der Waals surface area contributed by atoms with Crippen LogP contribution in [0.4, 0.5) is 11.4 Å². The maximum absolute atomic E-state index is 12.8. The summed E-state index contributed by atoms with van der Waals surface area (Å²) in [5, 5.41) is 2.98. The molecule has 178 valence electrons. The van der Waals surface area contributed by atoms with Crippen molar-refractivity contribution >= 4 is 48.9 Å². The summed E-state index contributed by atoms with van der Waals surface area (Å²) in [7, 11) is -7.35. The SMILES string of the molecule is CS(=O)(=O)N1C[C@@H](C(=O)Nc2ccc(S(=O)(=O)N3CCOCC3)cc2)Oc2ccc(Cl)cc21.